The van der Waals surface area contributed by atoms with E-state index >= 15 is 0 Å². The highest BCUT2D eigenvalue weighted by molar-refractivity contribution is 7.18. The van der Waals surface area contributed by atoms with Crippen LogP contribution in [-0.4, -0.2) is 10.1 Å². The van der Waals surface area contributed by atoms with E-state index in [1.54, 1.807) is 17.4 Å². The molecular weight excluding hydrogens is 280 g/mol. The fourth-order valence-electron chi connectivity index (χ4n) is 2.48. The van der Waals surface area contributed by atoms with Crippen molar-refractivity contribution in [3.63, 3.8) is 0 Å². The molecule has 1 unspecified atom stereocenters. The van der Waals surface area contributed by atoms with E-state index in [4.69, 9.17) is 0 Å². The highest BCUT2D eigenvalue weighted by atomic mass is 32.1. The molecule has 1 aromatic heterocycles. The zero-order valence-electron chi connectivity index (χ0n) is 12.3. The number of hydrogen-bond acceptors (Lipinski definition) is 4. The molecule has 0 saturated carbocycles. The molecule has 4 heteroatoms. The highest BCUT2D eigenvalue weighted by Crippen LogP contribution is 2.30. The molecule has 0 bridgehead atoms. The van der Waals surface area contributed by atoms with Crippen LogP contribution in [0.4, 0.5) is 5.69 Å². The van der Waals surface area contributed by atoms with Crippen LogP contribution in [0, 0.1) is 13.8 Å². The smallest absolute Gasteiger partial charge is 0.121 e. The predicted molar refractivity (Wildman–Crippen MR) is 89.2 cm³/mol. The summed E-state index contributed by atoms with van der Waals surface area (Å²) in [5.74, 6) is 0.338. The quantitative estimate of drug-likeness (QED) is 0.730. The van der Waals surface area contributed by atoms with E-state index in [0.717, 1.165) is 27.3 Å². The molecular formula is C17H18N2OS. The number of benzene rings is 2. The summed E-state index contributed by atoms with van der Waals surface area (Å²) in [5.41, 5.74) is 4.04. The van der Waals surface area contributed by atoms with Gasteiger partial charge in [0.05, 0.1) is 21.3 Å². The Bertz CT molecular complexity index is 795. The summed E-state index contributed by atoms with van der Waals surface area (Å²) in [6.07, 6.45) is 0. The van der Waals surface area contributed by atoms with Gasteiger partial charge < -0.3 is 10.4 Å². The maximum atomic E-state index is 10.1. The first-order valence-electron chi connectivity index (χ1n) is 6.96. The third kappa shape index (κ3) is 2.85. The van der Waals surface area contributed by atoms with Crippen LogP contribution in [0.1, 0.15) is 29.1 Å². The number of aryl methyl sites for hydroxylation is 2. The third-order valence-corrected chi connectivity index (χ3v) is 4.46. The Hall–Kier alpha value is -2.07. The lowest BCUT2D eigenvalue weighted by Gasteiger charge is -2.17. The van der Waals surface area contributed by atoms with E-state index < -0.39 is 0 Å². The number of phenolic OH excluding ortho intramolecular Hbond substituents is 1. The van der Waals surface area contributed by atoms with Gasteiger partial charge in [0.1, 0.15) is 5.75 Å². The highest BCUT2D eigenvalue weighted by Gasteiger charge is 2.11. The number of aromatic hydroxyl groups is 1. The number of aromatic nitrogens is 1. The second-order valence-corrected chi connectivity index (χ2v) is 6.58. The molecule has 0 aliphatic rings. The normalized spacial score (nSPS) is 12.5. The van der Waals surface area contributed by atoms with Gasteiger partial charge in [-0.2, -0.15) is 0 Å². The minimum Gasteiger partial charge on any atom is -0.508 e. The fourth-order valence-corrected chi connectivity index (χ4v) is 3.34. The summed E-state index contributed by atoms with van der Waals surface area (Å²) in [6, 6.07) is 12.0. The molecule has 0 fully saturated rings. The number of anilines is 1. The van der Waals surface area contributed by atoms with Crippen LogP contribution in [0.2, 0.25) is 0 Å². The summed E-state index contributed by atoms with van der Waals surface area (Å²) >= 11 is 1.69. The zero-order valence-corrected chi connectivity index (χ0v) is 13.2. The van der Waals surface area contributed by atoms with Crippen molar-refractivity contribution < 1.29 is 5.11 Å². The first-order valence-corrected chi connectivity index (χ1v) is 7.78. The van der Waals surface area contributed by atoms with Crippen molar-refractivity contribution in [2.75, 3.05) is 5.32 Å². The number of fused-ring (bicyclic) bond motifs is 1. The minimum atomic E-state index is 0.0390. The van der Waals surface area contributed by atoms with Crippen LogP contribution >= 0.6 is 11.3 Å². The summed E-state index contributed by atoms with van der Waals surface area (Å²) in [6.45, 7) is 6.04. The summed E-state index contributed by atoms with van der Waals surface area (Å²) in [7, 11) is 0. The van der Waals surface area contributed by atoms with Crippen LogP contribution < -0.4 is 5.32 Å². The Balaban J connectivity index is 1.86. The van der Waals surface area contributed by atoms with Crippen molar-refractivity contribution in [3.8, 4) is 5.75 Å². The third-order valence-electron chi connectivity index (χ3n) is 3.53. The van der Waals surface area contributed by atoms with Gasteiger partial charge in [-0.25, -0.2) is 4.98 Å². The van der Waals surface area contributed by atoms with Crippen molar-refractivity contribution in [1.29, 1.82) is 0 Å². The number of phenols is 1. The van der Waals surface area contributed by atoms with Crippen LogP contribution in [0.5, 0.6) is 5.75 Å². The number of rotatable bonds is 3. The molecule has 0 aliphatic carbocycles. The van der Waals surface area contributed by atoms with Crippen LogP contribution in [0.15, 0.2) is 36.4 Å². The molecule has 3 aromatic rings. The molecule has 3 rings (SSSR count). The Morgan fingerprint density at radius 2 is 1.95 bits per heavy atom. The number of nitrogens with zero attached hydrogens (tertiary/aromatic N) is 1. The number of hydrogen-bond donors (Lipinski definition) is 2. The molecule has 0 radical (unpaired) electrons. The fraction of sp³-hybridized carbons (Fsp3) is 0.235. The van der Waals surface area contributed by atoms with Gasteiger partial charge in [-0.05, 0) is 50.6 Å². The second kappa shape index (κ2) is 5.37. The van der Waals surface area contributed by atoms with Crippen molar-refractivity contribution in [2.24, 2.45) is 0 Å². The predicted octanol–water partition coefficient (Wildman–Crippen LogP) is 4.79. The lowest BCUT2D eigenvalue weighted by molar-refractivity contribution is 0.465. The van der Waals surface area contributed by atoms with Crippen molar-refractivity contribution in [1.82, 2.24) is 4.98 Å². The van der Waals surface area contributed by atoms with Gasteiger partial charge in [0.2, 0.25) is 0 Å². The second-order valence-electron chi connectivity index (χ2n) is 5.34. The van der Waals surface area contributed by atoms with E-state index in [1.807, 2.05) is 45.0 Å². The molecule has 2 aromatic carbocycles. The van der Waals surface area contributed by atoms with Gasteiger partial charge in [-0.3, -0.25) is 0 Å². The largest absolute Gasteiger partial charge is 0.508 e. The van der Waals surface area contributed by atoms with E-state index in [9.17, 15) is 5.11 Å². The molecule has 21 heavy (non-hydrogen) atoms. The SMILES string of the molecule is Cc1ccc(C(C)Nc2ccc3nc(C)sc3c2)c(O)c1. The Morgan fingerprint density at radius 3 is 2.71 bits per heavy atom. The van der Waals surface area contributed by atoms with Crippen molar-refractivity contribution in [3.05, 3.63) is 52.5 Å². The molecule has 2 N–H and O–H groups in total. The molecule has 0 aliphatic heterocycles. The lowest BCUT2D eigenvalue weighted by atomic mass is 10.0. The average Bonchev–Trinajstić information content (AvgIpc) is 2.77. The first-order chi connectivity index (χ1) is 10.0. The van der Waals surface area contributed by atoms with E-state index in [0.29, 0.717) is 5.75 Å². The maximum absolute atomic E-state index is 10.1. The molecule has 0 spiro atoms. The standard InChI is InChI=1S/C17H18N2OS/c1-10-4-6-14(16(20)8-10)11(2)18-13-5-7-15-17(9-13)21-12(3)19-15/h4-9,11,18,20H,1-3H3. The molecule has 1 heterocycles. The lowest BCUT2D eigenvalue weighted by Crippen LogP contribution is -2.06. The van der Waals surface area contributed by atoms with Crippen LogP contribution in [0.3, 0.4) is 0 Å². The number of thiazole rings is 1. The van der Waals surface area contributed by atoms with Crippen molar-refractivity contribution >= 4 is 27.2 Å². The summed E-state index contributed by atoms with van der Waals surface area (Å²) in [4.78, 5) is 4.47. The Morgan fingerprint density at radius 1 is 1.14 bits per heavy atom. The topological polar surface area (TPSA) is 45.2 Å². The van der Waals surface area contributed by atoms with Gasteiger partial charge in [-0.1, -0.05) is 12.1 Å². The van der Waals surface area contributed by atoms with Gasteiger partial charge in [-0.15, -0.1) is 11.3 Å². The Kier molecular flexibility index (Phi) is 3.55. The van der Waals surface area contributed by atoms with Gasteiger partial charge >= 0.3 is 0 Å². The summed E-state index contributed by atoms with van der Waals surface area (Å²) in [5, 5.41) is 14.6. The van der Waals surface area contributed by atoms with Crippen LogP contribution in [-0.2, 0) is 0 Å². The number of nitrogens with one attached hydrogen (secondary N) is 1. The molecule has 1 atom stereocenters. The van der Waals surface area contributed by atoms with Crippen molar-refractivity contribution in [2.45, 2.75) is 26.8 Å². The molecule has 0 saturated heterocycles. The molecule has 3 nitrogen and oxygen atoms in total. The van der Waals surface area contributed by atoms with Gasteiger partial charge in [0, 0.05) is 11.3 Å². The zero-order chi connectivity index (χ0) is 15.0. The summed E-state index contributed by atoms with van der Waals surface area (Å²) < 4.78 is 1.18. The van der Waals surface area contributed by atoms with Gasteiger partial charge in [0.15, 0.2) is 0 Å². The monoisotopic (exact) mass is 298 g/mol. The van der Waals surface area contributed by atoms with Gasteiger partial charge in [0.25, 0.3) is 0 Å². The Labute approximate surface area is 128 Å². The first kappa shape index (κ1) is 13.9. The van der Waals surface area contributed by atoms with E-state index in [-0.39, 0.29) is 6.04 Å². The minimum absolute atomic E-state index is 0.0390. The van der Waals surface area contributed by atoms with E-state index in [2.05, 4.69) is 16.4 Å². The van der Waals surface area contributed by atoms with Crippen LogP contribution in [0.25, 0.3) is 10.2 Å². The average molecular weight is 298 g/mol. The molecule has 0 amide bonds. The molecule has 108 valence electrons. The maximum Gasteiger partial charge on any atom is 0.121 e. The van der Waals surface area contributed by atoms with E-state index in [1.165, 1.54) is 4.70 Å².